The number of alkyl halides is 2. The Hall–Kier alpha value is -1.92. The second-order valence-corrected chi connectivity index (χ2v) is 9.25. The summed E-state index contributed by atoms with van der Waals surface area (Å²) in [5.74, 6) is 0.627. The summed E-state index contributed by atoms with van der Waals surface area (Å²) in [5.41, 5.74) is 6.46. The average molecular weight is 482 g/mol. The van der Waals surface area contributed by atoms with Crippen molar-refractivity contribution in [2.75, 3.05) is 0 Å². The molecule has 0 radical (unpaired) electrons. The van der Waals surface area contributed by atoms with Gasteiger partial charge in [0, 0.05) is 44.7 Å². The highest BCUT2D eigenvalue weighted by atomic mass is 79.9. The van der Waals surface area contributed by atoms with Crippen LogP contribution < -0.4 is 0 Å². The van der Waals surface area contributed by atoms with Gasteiger partial charge in [-0.15, -0.1) is 0 Å². The molecule has 0 spiro atoms. The molecule has 0 N–H and O–H groups in total. The van der Waals surface area contributed by atoms with Gasteiger partial charge in [0.15, 0.2) is 11.3 Å². The van der Waals surface area contributed by atoms with Crippen molar-refractivity contribution in [3.63, 3.8) is 0 Å². The zero-order chi connectivity index (χ0) is 18.1. The summed E-state index contributed by atoms with van der Waals surface area (Å²) in [5, 5.41) is 2.17. The minimum absolute atomic E-state index is 0.188. The molecule has 4 aromatic rings. The standard InChI is InChI=1S/C21H14Br2N4/c22-16-12-7-10-3-1-5-24-20(10)26-18(12)15-9-14(16)19-13(17(15)23)8-11-4-2-6-25-21(11)27-19/h1-8,14-17H,9H2/t14-,15-,16-,17-/m1/s1. The molecule has 0 saturated carbocycles. The largest absolute Gasteiger partial charge is 0.237 e. The van der Waals surface area contributed by atoms with Crippen molar-refractivity contribution < 1.29 is 0 Å². The van der Waals surface area contributed by atoms with Gasteiger partial charge in [-0.1, -0.05) is 31.9 Å². The van der Waals surface area contributed by atoms with Gasteiger partial charge in [-0.25, -0.2) is 19.9 Å². The van der Waals surface area contributed by atoms with E-state index in [1.165, 1.54) is 11.1 Å². The lowest BCUT2D eigenvalue weighted by atomic mass is 9.69. The van der Waals surface area contributed by atoms with E-state index >= 15 is 0 Å². The van der Waals surface area contributed by atoms with E-state index in [1.54, 1.807) is 0 Å². The van der Waals surface area contributed by atoms with Crippen molar-refractivity contribution in [2.45, 2.75) is 27.9 Å². The second kappa shape index (κ2) is 5.79. The van der Waals surface area contributed by atoms with Gasteiger partial charge in [-0.3, -0.25) is 0 Å². The topological polar surface area (TPSA) is 51.6 Å². The van der Waals surface area contributed by atoms with E-state index < -0.39 is 0 Å². The van der Waals surface area contributed by atoms with E-state index in [1.807, 2.05) is 24.5 Å². The third kappa shape index (κ3) is 2.26. The molecule has 0 amide bonds. The van der Waals surface area contributed by atoms with E-state index in [0.717, 1.165) is 39.9 Å². The first kappa shape index (κ1) is 16.1. The average Bonchev–Trinajstić information content (AvgIpc) is 2.71. The molecule has 132 valence electrons. The molecule has 4 aromatic heterocycles. The van der Waals surface area contributed by atoms with Crippen LogP contribution in [0.15, 0.2) is 48.8 Å². The fraction of sp³-hybridized carbons (Fsp3) is 0.238. The molecule has 2 aliphatic carbocycles. The molecule has 0 fully saturated rings. The molecule has 4 nitrogen and oxygen atoms in total. The smallest absolute Gasteiger partial charge is 0.159 e. The van der Waals surface area contributed by atoms with Crippen LogP contribution in [0.1, 0.15) is 50.4 Å². The van der Waals surface area contributed by atoms with E-state index in [-0.39, 0.29) is 9.65 Å². The fourth-order valence-corrected chi connectivity index (χ4v) is 6.22. The van der Waals surface area contributed by atoms with E-state index in [0.29, 0.717) is 11.8 Å². The lowest BCUT2D eigenvalue weighted by Crippen LogP contribution is -2.29. The van der Waals surface area contributed by atoms with Crippen molar-refractivity contribution in [1.82, 2.24) is 19.9 Å². The van der Waals surface area contributed by atoms with Crippen molar-refractivity contribution >= 4 is 53.9 Å². The first-order valence-electron chi connectivity index (χ1n) is 9.00. The molecule has 0 saturated heterocycles. The van der Waals surface area contributed by atoms with Gasteiger partial charge in [-0.2, -0.15) is 0 Å². The van der Waals surface area contributed by atoms with Crippen molar-refractivity contribution in [2.24, 2.45) is 0 Å². The molecule has 4 heterocycles. The first-order chi connectivity index (χ1) is 13.2. The lowest BCUT2D eigenvalue weighted by molar-refractivity contribution is 0.436. The Morgan fingerprint density at radius 1 is 0.741 bits per heavy atom. The molecule has 27 heavy (non-hydrogen) atoms. The van der Waals surface area contributed by atoms with Crippen molar-refractivity contribution in [1.29, 1.82) is 0 Å². The van der Waals surface area contributed by atoms with Crippen LogP contribution in [0, 0.1) is 0 Å². The molecule has 0 unspecified atom stereocenters. The van der Waals surface area contributed by atoms with E-state index in [4.69, 9.17) is 9.97 Å². The van der Waals surface area contributed by atoms with Crippen molar-refractivity contribution in [3.05, 3.63) is 71.3 Å². The predicted octanol–water partition coefficient (Wildman–Crippen LogP) is 5.73. The summed E-state index contributed by atoms with van der Waals surface area (Å²) in [4.78, 5) is 19.2. The maximum Gasteiger partial charge on any atom is 0.159 e. The van der Waals surface area contributed by atoms with Crippen LogP contribution in [-0.4, -0.2) is 19.9 Å². The van der Waals surface area contributed by atoms with Crippen LogP contribution in [0.25, 0.3) is 22.1 Å². The maximum atomic E-state index is 4.97. The number of fused-ring (bicyclic) bond motifs is 8. The molecule has 0 aromatic carbocycles. The number of pyridine rings is 4. The summed E-state index contributed by atoms with van der Waals surface area (Å²) in [6, 6.07) is 12.6. The Morgan fingerprint density at radius 2 is 1.22 bits per heavy atom. The fourth-order valence-electron chi connectivity index (χ4n) is 4.55. The van der Waals surface area contributed by atoms with E-state index in [2.05, 4.69) is 66.1 Å². The number of halogens is 2. The predicted molar refractivity (Wildman–Crippen MR) is 113 cm³/mol. The highest BCUT2D eigenvalue weighted by Crippen LogP contribution is 2.60. The van der Waals surface area contributed by atoms with Gasteiger partial charge < -0.3 is 0 Å². The first-order valence-corrected chi connectivity index (χ1v) is 10.8. The van der Waals surface area contributed by atoms with Gasteiger partial charge in [-0.05, 0) is 53.9 Å². The monoisotopic (exact) mass is 480 g/mol. The summed E-state index contributed by atoms with van der Waals surface area (Å²) < 4.78 is 0. The van der Waals surface area contributed by atoms with Crippen LogP contribution in [0.5, 0.6) is 0 Å². The summed E-state index contributed by atoms with van der Waals surface area (Å²) >= 11 is 7.96. The number of nitrogens with zero attached hydrogens (tertiary/aromatic N) is 4. The number of aromatic nitrogens is 4. The molecule has 2 aliphatic rings. The minimum Gasteiger partial charge on any atom is -0.237 e. The normalized spacial score (nSPS) is 26.0. The highest BCUT2D eigenvalue weighted by Gasteiger charge is 2.45. The zero-order valence-corrected chi connectivity index (χ0v) is 17.4. The van der Waals surface area contributed by atoms with Gasteiger partial charge >= 0.3 is 0 Å². The second-order valence-electron chi connectivity index (χ2n) is 7.28. The van der Waals surface area contributed by atoms with Crippen LogP contribution in [-0.2, 0) is 0 Å². The SMILES string of the molecule is Br[C@@H]1c2cc3cccnc3nc2[C@@H]2C[C@H]1c1nc3ncccc3cc1[C@H]2Br. The summed E-state index contributed by atoms with van der Waals surface area (Å²) in [6.07, 6.45) is 4.64. The number of hydrogen-bond acceptors (Lipinski definition) is 4. The maximum absolute atomic E-state index is 4.97. The Kier molecular flexibility index (Phi) is 3.44. The molecule has 4 atom stereocenters. The number of hydrogen-bond donors (Lipinski definition) is 0. The van der Waals surface area contributed by atoms with Crippen LogP contribution >= 0.6 is 31.9 Å². The van der Waals surface area contributed by atoms with E-state index in [9.17, 15) is 0 Å². The van der Waals surface area contributed by atoms with Crippen LogP contribution in [0.4, 0.5) is 0 Å². The van der Waals surface area contributed by atoms with Gasteiger partial charge in [0.05, 0.1) is 11.4 Å². The Labute approximate surface area is 172 Å². The Bertz CT molecular complexity index is 1130. The minimum atomic E-state index is 0.188. The molecular formula is C21H14Br2N4. The highest BCUT2D eigenvalue weighted by molar-refractivity contribution is 9.09. The summed E-state index contributed by atoms with van der Waals surface area (Å²) in [6.45, 7) is 0. The van der Waals surface area contributed by atoms with Gasteiger partial charge in [0.2, 0.25) is 0 Å². The molecule has 6 rings (SSSR count). The van der Waals surface area contributed by atoms with Crippen molar-refractivity contribution in [3.8, 4) is 0 Å². The Balaban J connectivity index is 1.61. The third-order valence-corrected chi connectivity index (χ3v) is 8.07. The third-order valence-electron chi connectivity index (χ3n) is 5.81. The molecular weight excluding hydrogens is 468 g/mol. The number of rotatable bonds is 0. The molecule has 0 aliphatic heterocycles. The quantitative estimate of drug-likeness (QED) is 0.301. The lowest BCUT2D eigenvalue weighted by Gasteiger charge is -2.42. The molecule has 6 heteroatoms. The summed E-state index contributed by atoms with van der Waals surface area (Å²) in [7, 11) is 0. The van der Waals surface area contributed by atoms with Crippen LogP contribution in [0.3, 0.4) is 0 Å². The Morgan fingerprint density at radius 3 is 1.70 bits per heavy atom. The zero-order valence-electron chi connectivity index (χ0n) is 14.2. The van der Waals surface area contributed by atoms with Gasteiger partial charge in [0.1, 0.15) is 0 Å². The van der Waals surface area contributed by atoms with Crippen LogP contribution in [0.2, 0.25) is 0 Å². The van der Waals surface area contributed by atoms with Gasteiger partial charge in [0.25, 0.3) is 0 Å². The molecule has 2 bridgehead atoms.